The number of nitrogens with one attached hydrogen (secondary N) is 2. The molecule has 0 aliphatic rings. The van der Waals surface area contributed by atoms with Gasteiger partial charge in [0, 0.05) is 36.8 Å². The average Bonchev–Trinajstić information content (AvgIpc) is 3.20. The van der Waals surface area contributed by atoms with Gasteiger partial charge in [0.25, 0.3) is 5.56 Å². The molecule has 0 unspecified atom stereocenters. The second-order valence-corrected chi connectivity index (χ2v) is 5.91. The Bertz CT molecular complexity index is 908. The van der Waals surface area contributed by atoms with Crippen molar-refractivity contribution in [2.45, 2.75) is 18.8 Å². The van der Waals surface area contributed by atoms with Crippen molar-refractivity contribution in [3.05, 3.63) is 75.5 Å². The predicted octanol–water partition coefficient (Wildman–Crippen LogP) is 1.72. The Morgan fingerprint density at radius 2 is 2.04 bits per heavy atom. The summed E-state index contributed by atoms with van der Waals surface area (Å²) in [5.74, 6) is -0.796. The molecule has 0 fully saturated rings. The zero-order valence-electron chi connectivity index (χ0n) is 14.2. The molecule has 25 heavy (non-hydrogen) atoms. The molecule has 0 spiro atoms. The van der Waals surface area contributed by atoms with E-state index in [0.717, 1.165) is 16.8 Å². The van der Waals surface area contributed by atoms with Crippen molar-refractivity contribution in [1.82, 2.24) is 20.0 Å². The number of aromatic nitrogens is 4. The standard InChI is InChI=1S/C18H20N4O3/c1-22-11-13(10-19-22)14(9-16(23)25-2)17-15(20-21-18(17)24)8-12-6-4-3-5-7-12/h3-7,10-11,14H,8-9H2,1-2H3,(H2,20,21,24)/t14-/m1/s1. The normalized spacial score (nSPS) is 12.1. The predicted molar refractivity (Wildman–Crippen MR) is 92.3 cm³/mol. The highest BCUT2D eigenvalue weighted by Crippen LogP contribution is 2.28. The fourth-order valence-electron chi connectivity index (χ4n) is 2.97. The topological polar surface area (TPSA) is 92.8 Å². The molecular weight excluding hydrogens is 320 g/mol. The number of nitrogens with zero attached hydrogens (tertiary/aromatic N) is 2. The molecule has 0 saturated heterocycles. The van der Waals surface area contributed by atoms with Gasteiger partial charge in [0.05, 0.1) is 19.7 Å². The highest BCUT2D eigenvalue weighted by Gasteiger charge is 2.26. The molecule has 130 valence electrons. The van der Waals surface area contributed by atoms with Gasteiger partial charge in [0.2, 0.25) is 0 Å². The molecule has 1 aromatic carbocycles. The van der Waals surface area contributed by atoms with Crippen LogP contribution in [0.1, 0.15) is 34.7 Å². The first-order valence-corrected chi connectivity index (χ1v) is 7.97. The fraction of sp³-hybridized carbons (Fsp3) is 0.278. The van der Waals surface area contributed by atoms with E-state index in [-0.39, 0.29) is 17.9 Å². The highest BCUT2D eigenvalue weighted by molar-refractivity contribution is 5.71. The van der Waals surface area contributed by atoms with Gasteiger partial charge in [-0.25, -0.2) is 0 Å². The second kappa shape index (κ2) is 7.21. The maximum Gasteiger partial charge on any atom is 0.306 e. The Kier molecular flexibility index (Phi) is 4.83. The van der Waals surface area contributed by atoms with E-state index >= 15 is 0 Å². The molecule has 2 heterocycles. The van der Waals surface area contributed by atoms with E-state index in [2.05, 4.69) is 15.3 Å². The lowest BCUT2D eigenvalue weighted by molar-refractivity contribution is -0.140. The molecule has 0 aliphatic heterocycles. The summed E-state index contributed by atoms with van der Waals surface area (Å²) in [4.78, 5) is 24.4. The van der Waals surface area contributed by atoms with Gasteiger partial charge in [-0.1, -0.05) is 30.3 Å². The number of aryl methyl sites for hydroxylation is 1. The minimum Gasteiger partial charge on any atom is -0.469 e. The van der Waals surface area contributed by atoms with E-state index in [0.29, 0.717) is 12.0 Å². The first-order valence-electron chi connectivity index (χ1n) is 7.97. The molecule has 0 aliphatic carbocycles. The van der Waals surface area contributed by atoms with Crippen LogP contribution in [0, 0.1) is 0 Å². The van der Waals surface area contributed by atoms with E-state index < -0.39 is 5.92 Å². The SMILES string of the molecule is COC(=O)C[C@H](c1cnn(C)c1)c1c(Cc2ccccc2)[nH][nH]c1=O. The molecule has 3 aromatic rings. The maximum absolute atomic E-state index is 12.5. The van der Waals surface area contributed by atoms with Crippen LogP contribution in [0.2, 0.25) is 0 Å². The molecule has 1 atom stereocenters. The lowest BCUT2D eigenvalue weighted by Gasteiger charge is -2.14. The van der Waals surface area contributed by atoms with Crippen LogP contribution in [0.3, 0.4) is 0 Å². The molecule has 3 rings (SSSR count). The molecule has 2 aromatic heterocycles. The number of carbonyl (C=O) groups is 1. The summed E-state index contributed by atoms with van der Waals surface area (Å²) in [6.07, 6.45) is 4.12. The number of hydrogen-bond donors (Lipinski definition) is 2. The molecule has 7 heteroatoms. The third-order valence-electron chi connectivity index (χ3n) is 4.19. The molecule has 0 bridgehead atoms. The minimum atomic E-state index is -0.421. The van der Waals surface area contributed by atoms with Crippen molar-refractivity contribution in [1.29, 1.82) is 0 Å². The van der Waals surface area contributed by atoms with Crippen molar-refractivity contribution >= 4 is 5.97 Å². The third kappa shape index (κ3) is 3.71. The number of benzene rings is 1. The summed E-state index contributed by atoms with van der Waals surface area (Å²) >= 11 is 0. The first-order chi connectivity index (χ1) is 12.1. The zero-order chi connectivity index (χ0) is 17.8. The van der Waals surface area contributed by atoms with E-state index in [1.165, 1.54) is 7.11 Å². The van der Waals surface area contributed by atoms with Crippen molar-refractivity contribution < 1.29 is 9.53 Å². The summed E-state index contributed by atoms with van der Waals surface area (Å²) < 4.78 is 6.47. The fourth-order valence-corrected chi connectivity index (χ4v) is 2.97. The number of esters is 1. The lowest BCUT2D eigenvalue weighted by atomic mass is 9.89. The Hall–Kier alpha value is -3.09. The molecule has 7 nitrogen and oxygen atoms in total. The van der Waals surface area contributed by atoms with Crippen molar-refractivity contribution in [3.63, 3.8) is 0 Å². The summed E-state index contributed by atoms with van der Waals surface area (Å²) in [5.41, 5.74) is 2.94. The van der Waals surface area contributed by atoms with E-state index in [9.17, 15) is 9.59 Å². The van der Waals surface area contributed by atoms with Crippen molar-refractivity contribution in [2.24, 2.45) is 7.05 Å². The molecule has 0 saturated carbocycles. The van der Waals surface area contributed by atoms with E-state index in [1.807, 2.05) is 36.5 Å². The van der Waals surface area contributed by atoms with Crippen LogP contribution in [0.25, 0.3) is 0 Å². The molecular formula is C18H20N4O3. The van der Waals surface area contributed by atoms with Gasteiger partial charge in [-0.05, 0) is 11.1 Å². The largest absolute Gasteiger partial charge is 0.469 e. The molecule has 0 radical (unpaired) electrons. The summed E-state index contributed by atoms with van der Waals surface area (Å²) in [6, 6.07) is 9.84. The maximum atomic E-state index is 12.5. The minimum absolute atomic E-state index is 0.0743. The quantitative estimate of drug-likeness (QED) is 0.668. The first kappa shape index (κ1) is 16.8. The highest BCUT2D eigenvalue weighted by atomic mass is 16.5. The van der Waals surface area contributed by atoms with Gasteiger partial charge >= 0.3 is 5.97 Å². The van der Waals surface area contributed by atoms with Gasteiger partial charge in [0.15, 0.2) is 0 Å². The smallest absolute Gasteiger partial charge is 0.306 e. The van der Waals surface area contributed by atoms with Gasteiger partial charge in [-0.3, -0.25) is 19.4 Å². The summed E-state index contributed by atoms with van der Waals surface area (Å²) in [6.45, 7) is 0. The van der Waals surface area contributed by atoms with Crippen LogP contribution in [0.15, 0.2) is 47.5 Å². The Morgan fingerprint density at radius 1 is 1.28 bits per heavy atom. The number of aromatic amines is 2. The van der Waals surface area contributed by atoms with E-state index in [4.69, 9.17) is 4.74 Å². The lowest BCUT2D eigenvalue weighted by Crippen LogP contribution is -2.17. The monoisotopic (exact) mass is 340 g/mol. The van der Waals surface area contributed by atoms with Gasteiger partial charge in [0.1, 0.15) is 0 Å². The van der Waals surface area contributed by atoms with Crippen LogP contribution >= 0.6 is 0 Å². The Morgan fingerprint density at radius 3 is 2.68 bits per heavy atom. The van der Waals surface area contributed by atoms with Gasteiger partial charge in [-0.2, -0.15) is 5.10 Å². The molecule has 2 N–H and O–H groups in total. The van der Waals surface area contributed by atoms with E-state index in [1.54, 1.807) is 17.9 Å². The van der Waals surface area contributed by atoms with Crippen molar-refractivity contribution in [2.75, 3.05) is 7.11 Å². The van der Waals surface area contributed by atoms with Crippen LogP contribution in [0.4, 0.5) is 0 Å². The third-order valence-corrected chi connectivity index (χ3v) is 4.19. The zero-order valence-corrected chi connectivity index (χ0v) is 14.2. The number of hydrogen-bond acceptors (Lipinski definition) is 4. The number of rotatable bonds is 6. The second-order valence-electron chi connectivity index (χ2n) is 5.91. The van der Waals surface area contributed by atoms with Gasteiger partial charge < -0.3 is 9.84 Å². The van der Waals surface area contributed by atoms with Crippen molar-refractivity contribution in [3.8, 4) is 0 Å². The average molecular weight is 340 g/mol. The van der Waals surface area contributed by atoms with Crippen LogP contribution in [-0.4, -0.2) is 33.1 Å². The van der Waals surface area contributed by atoms with Crippen LogP contribution < -0.4 is 5.56 Å². The number of carbonyl (C=O) groups excluding carboxylic acids is 1. The Balaban J connectivity index is 2.02. The van der Waals surface area contributed by atoms with Crippen LogP contribution in [-0.2, 0) is 23.0 Å². The molecule has 0 amide bonds. The van der Waals surface area contributed by atoms with Gasteiger partial charge in [-0.15, -0.1) is 0 Å². The van der Waals surface area contributed by atoms with Crippen LogP contribution in [0.5, 0.6) is 0 Å². The Labute approximate surface area is 144 Å². The number of methoxy groups -OCH3 is 1. The number of H-pyrrole nitrogens is 2. The summed E-state index contributed by atoms with van der Waals surface area (Å²) in [5, 5.41) is 9.77. The summed E-state index contributed by atoms with van der Waals surface area (Å²) in [7, 11) is 3.14. The number of ether oxygens (including phenoxy) is 1.